The average Bonchev–Trinajstić information content (AvgIpc) is 3.54. The lowest BCUT2D eigenvalue weighted by Crippen LogP contribution is -2.34. The highest BCUT2D eigenvalue weighted by atomic mass is 16.5. The number of rotatable bonds is 4. The van der Waals surface area contributed by atoms with Gasteiger partial charge in [-0.2, -0.15) is 0 Å². The zero-order valence-electron chi connectivity index (χ0n) is 26.6. The highest BCUT2D eigenvalue weighted by molar-refractivity contribution is 6.15. The first-order chi connectivity index (χ1) is 24.3. The van der Waals surface area contributed by atoms with Crippen molar-refractivity contribution in [2.75, 3.05) is 0 Å². The van der Waals surface area contributed by atoms with E-state index in [4.69, 9.17) is 9.15 Å². The van der Waals surface area contributed by atoms with E-state index in [0.29, 0.717) is 0 Å². The molecule has 0 bridgehead atoms. The van der Waals surface area contributed by atoms with E-state index in [1.807, 2.05) is 0 Å². The molecule has 49 heavy (non-hydrogen) atoms. The molecule has 0 N–H and O–H groups in total. The summed E-state index contributed by atoms with van der Waals surface area (Å²) in [4.78, 5) is 0. The summed E-state index contributed by atoms with van der Waals surface area (Å²) in [6, 6.07) is 64.8. The smallest absolute Gasteiger partial charge is 0.136 e. The van der Waals surface area contributed by atoms with E-state index in [0.717, 1.165) is 61.3 Å². The fraction of sp³-hybridized carbons (Fsp3) is 0.0213. The maximum atomic E-state index is 6.73. The Morgan fingerprint density at radius 1 is 0.388 bits per heavy atom. The summed E-state index contributed by atoms with van der Waals surface area (Å²) >= 11 is 0. The van der Waals surface area contributed by atoms with Crippen molar-refractivity contribution in [3.8, 4) is 33.8 Å². The molecule has 0 radical (unpaired) electrons. The molecule has 0 saturated heterocycles. The predicted octanol–water partition coefficient (Wildman–Crippen LogP) is 12.6. The highest BCUT2D eigenvalue weighted by Gasteiger charge is 2.45. The van der Waals surface area contributed by atoms with Crippen LogP contribution in [0.5, 0.6) is 11.5 Å². The minimum atomic E-state index is -0.521. The van der Waals surface area contributed by atoms with Crippen molar-refractivity contribution in [2.24, 2.45) is 0 Å². The lowest BCUT2D eigenvalue weighted by Gasteiger charge is -2.41. The second-order valence-corrected chi connectivity index (χ2v) is 12.8. The summed E-state index contributed by atoms with van der Waals surface area (Å²) in [5, 5.41) is 4.68. The number of para-hydroxylation sites is 1. The zero-order valence-corrected chi connectivity index (χ0v) is 26.6. The maximum absolute atomic E-state index is 6.73. The predicted molar refractivity (Wildman–Crippen MR) is 200 cm³/mol. The van der Waals surface area contributed by atoms with Gasteiger partial charge in [-0.05, 0) is 74.5 Å². The molecule has 2 heterocycles. The normalized spacial score (nSPS) is 13.2. The first-order valence-corrected chi connectivity index (χ1v) is 16.8. The van der Waals surface area contributed by atoms with E-state index in [1.165, 1.54) is 27.5 Å². The Labute approximate surface area is 284 Å². The third kappa shape index (κ3) is 4.21. The van der Waals surface area contributed by atoms with Gasteiger partial charge in [0.1, 0.15) is 22.7 Å². The van der Waals surface area contributed by atoms with Gasteiger partial charge in [-0.25, -0.2) is 0 Å². The van der Waals surface area contributed by atoms with Crippen LogP contribution in [-0.4, -0.2) is 0 Å². The number of furan rings is 1. The van der Waals surface area contributed by atoms with Gasteiger partial charge in [0.05, 0.1) is 5.41 Å². The van der Waals surface area contributed by atoms with Crippen LogP contribution in [0.3, 0.4) is 0 Å². The summed E-state index contributed by atoms with van der Waals surface area (Å²) in [6.45, 7) is 0. The van der Waals surface area contributed by atoms with Crippen LogP contribution in [0.2, 0.25) is 0 Å². The van der Waals surface area contributed by atoms with Crippen molar-refractivity contribution in [3.05, 3.63) is 204 Å². The average molecular weight is 627 g/mol. The molecule has 2 nitrogen and oxygen atoms in total. The summed E-state index contributed by atoms with van der Waals surface area (Å²) < 4.78 is 13.1. The van der Waals surface area contributed by atoms with Gasteiger partial charge in [0, 0.05) is 21.9 Å². The van der Waals surface area contributed by atoms with Gasteiger partial charge in [0.2, 0.25) is 0 Å². The number of hydrogen-bond donors (Lipinski definition) is 0. The molecule has 0 atom stereocenters. The standard InChI is InChI=1S/C47H30O2/c1-3-14-36(15-4-1)47(37-16-5-2-6-17-37)40-19-9-10-20-42(40)48-45-30-35(26-27-41(45)47)31-22-24-32(25-23-31)38-18-11-21-43-46(38)39-28-33-12-7-8-13-34(33)29-44(39)49-43/h1-30H. The van der Waals surface area contributed by atoms with Crippen molar-refractivity contribution in [1.82, 2.24) is 0 Å². The summed E-state index contributed by atoms with van der Waals surface area (Å²) in [7, 11) is 0. The second kappa shape index (κ2) is 10.8. The van der Waals surface area contributed by atoms with Crippen molar-refractivity contribution >= 4 is 32.7 Å². The van der Waals surface area contributed by atoms with Crippen LogP contribution in [0.25, 0.3) is 55.0 Å². The Balaban J connectivity index is 1.10. The molecule has 9 aromatic rings. The number of hydrogen-bond acceptors (Lipinski definition) is 2. The third-order valence-electron chi connectivity index (χ3n) is 10.2. The van der Waals surface area contributed by atoms with E-state index < -0.39 is 5.41 Å². The molecule has 8 aromatic carbocycles. The van der Waals surface area contributed by atoms with Crippen molar-refractivity contribution in [2.45, 2.75) is 5.41 Å². The molecular formula is C47H30O2. The molecule has 0 fully saturated rings. The monoisotopic (exact) mass is 626 g/mol. The molecule has 0 saturated carbocycles. The maximum Gasteiger partial charge on any atom is 0.136 e. The van der Waals surface area contributed by atoms with E-state index in [9.17, 15) is 0 Å². The van der Waals surface area contributed by atoms with Crippen LogP contribution in [0.1, 0.15) is 22.3 Å². The van der Waals surface area contributed by atoms with Crippen molar-refractivity contribution in [3.63, 3.8) is 0 Å². The Hall–Kier alpha value is -6.38. The summed E-state index contributed by atoms with van der Waals surface area (Å²) in [5.41, 5.74) is 10.6. The summed E-state index contributed by atoms with van der Waals surface area (Å²) in [5.74, 6) is 1.75. The van der Waals surface area contributed by atoms with Crippen LogP contribution >= 0.6 is 0 Å². The van der Waals surface area contributed by atoms with Crippen LogP contribution < -0.4 is 4.74 Å². The van der Waals surface area contributed by atoms with E-state index >= 15 is 0 Å². The lowest BCUT2D eigenvalue weighted by molar-refractivity contribution is 0.435. The Bertz CT molecular complexity index is 2630. The number of benzene rings is 8. The topological polar surface area (TPSA) is 22.4 Å². The Morgan fingerprint density at radius 2 is 1.00 bits per heavy atom. The van der Waals surface area contributed by atoms with Crippen LogP contribution in [0.4, 0.5) is 0 Å². The van der Waals surface area contributed by atoms with Crippen LogP contribution in [-0.2, 0) is 5.41 Å². The zero-order chi connectivity index (χ0) is 32.4. The molecule has 0 aliphatic carbocycles. The van der Waals surface area contributed by atoms with E-state index in [2.05, 4.69) is 182 Å². The fourth-order valence-electron chi connectivity index (χ4n) is 7.98. The lowest BCUT2D eigenvalue weighted by atomic mass is 9.63. The summed E-state index contributed by atoms with van der Waals surface area (Å²) in [6.07, 6.45) is 0. The van der Waals surface area contributed by atoms with E-state index in [-0.39, 0.29) is 0 Å². The molecule has 0 unspecified atom stereocenters. The van der Waals surface area contributed by atoms with Gasteiger partial charge in [-0.15, -0.1) is 0 Å². The molecular weight excluding hydrogens is 597 g/mol. The number of ether oxygens (including phenoxy) is 1. The van der Waals surface area contributed by atoms with Crippen molar-refractivity contribution < 1.29 is 9.15 Å². The van der Waals surface area contributed by atoms with Gasteiger partial charge in [0.15, 0.2) is 0 Å². The molecule has 230 valence electrons. The SMILES string of the molecule is c1ccc(C2(c3ccccc3)c3ccccc3Oc3cc(-c4ccc(-c5cccc6oc7cc8ccccc8cc7c56)cc4)ccc32)cc1. The molecule has 0 amide bonds. The Kier molecular flexibility index (Phi) is 6.13. The third-order valence-corrected chi connectivity index (χ3v) is 10.2. The molecule has 10 rings (SSSR count). The van der Waals surface area contributed by atoms with Gasteiger partial charge >= 0.3 is 0 Å². The Morgan fingerprint density at radius 3 is 1.76 bits per heavy atom. The van der Waals surface area contributed by atoms with Crippen LogP contribution in [0.15, 0.2) is 186 Å². The highest BCUT2D eigenvalue weighted by Crippen LogP contribution is 2.55. The molecule has 1 aliphatic rings. The molecule has 1 aromatic heterocycles. The first-order valence-electron chi connectivity index (χ1n) is 16.8. The first kappa shape index (κ1) is 27.7. The van der Waals surface area contributed by atoms with Gasteiger partial charge < -0.3 is 9.15 Å². The van der Waals surface area contributed by atoms with Gasteiger partial charge in [-0.1, -0.05) is 152 Å². The minimum absolute atomic E-state index is 0.521. The van der Waals surface area contributed by atoms with Crippen molar-refractivity contribution in [1.29, 1.82) is 0 Å². The van der Waals surface area contributed by atoms with Gasteiger partial charge in [-0.3, -0.25) is 0 Å². The minimum Gasteiger partial charge on any atom is -0.457 e. The number of fused-ring (bicyclic) bond motifs is 6. The molecule has 1 aliphatic heterocycles. The second-order valence-electron chi connectivity index (χ2n) is 12.8. The largest absolute Gasteiger partial charge is 0.457 e. The van der Waals surface area contributed by atoms with Crippen LogP contribution in [0, 0.1) is 0 Å². The fourth-order valence-corrected chi connectivity index (χ4v) is 7.98. The van der Waals surface area contributed by atoms with Gasteiger partial charge in [0.25, 0.3) is 0 Å². The molecule has 2 heteroatoms. The van der Waals surface area contributed by atoms with E-state index in [1.54, 1.807) is 0 Å². The molecule has 0 spiro atoms. The quantitative estimate of drug-likeness (QED) is 0.194.